The van der Waals surface area contributed by atoms with E-state index < -0.39 is 18.1 Å². The van der Waals surface area contributed by atoms with E-state index >= 15 is 0 Å². The molecule has 0 aliphatic heterocycles. The molecule has 1 fully saturated rings. The minimum Gasteiger partial charge on any atom is -0.445 e. The predicted molar refractivity (Wildman–Crippen MR) is 112 cm³/mol. The van der Waals surface area contributed by atoms with Crippen molar-refractivity contribution in [2.45, 2.75) is 50.1 Å². The van der Waals surface area contributed by atoms with Gasteiger partial charge < -0.3 is 10.1 Å². The van der Waals surface area contributed by atoms with Gasteiger partial charge in [0.25, 0.3) is 0 Å². The largest absolute Gasteiger partial charge is 0.445 e. The topological polar surface area (TPSA) is 68.5 Å². The SMILES string of the molecule is O=C(N[C@H](c1cn2nc(CCl)ccc2n1)C1CCC(F)(F)CC1)OCc1ccccc1. The smallest absolute Gasteiger partial charge is 0.408 e. The van der Waals surface area contributed by atoms with Crippen LogP contribution < -0.4 is 5.32 Å². The third-order valence-corrected chi connectivity index (χ3v) is 5.84. The predicted octanol–water partition coefficient (Wildman–Crippen LogP) is 5.26. The van der Waals surface area contributed by atoms with E-state index in [1.165, 1.54) is 0 Å². The summed E-state index contributed by atoms with van der Waals surface area (Å²) < 4.78 is 34.4. The Labute approximate surface area is 183 Å². The first-order valence-corrected chi connectivity index (χ1v) is 10.7. The molecule has 2 heterocycles. The van der Waals surface area contributed by atoms with E-state index in [1.807, 2.05) is 30.3 Å². The number of rotatable bonds is 6. The first-order valence-electron chi connectivity index (χ1n) is 10.2. The molecule has 1 aliphatic rings. The number of alkyl halides is 3. The molecule has 1 atom stereocenters. The summed E-state index contributed by atoms with van der Waals surface area (Å²) in [4.78, 5) is 17.1. The lowest BCUT2D eigenvalue weighted by Gasteiger charge is -2.33. The number of aromatic nitrogens is 3. The summed E-state index contributed by atoms with van der Waals surface area (Å²) >= 11 is 5.86. The van der Waals surface area contributed by atoms with Gasteiger partial charge >= 0.3 is 6.09 Å². The number of imidazole rings is 1. The molecular weight excluding hydrogens is 426 g/mol. The third-order valence-electron chi connectivity index (χ3n) is 5.57. The fraction of sp³-hybridized carbons (Fsp3) is 0.409. The number of alkyl carbamates (subject to hydrolysis) is 1. The van der Waals surface area contributed by atoms with Crippen LogP contribution in [0, 0.1) is 5.92 Å². The minimum atomic E-state index is -2.66. The summed E-state index contributed by atoms with van der Waals surface area (Å²) in [6.07, 6.45) is 1.24. The van der Waals surface area contributed by atoms with E-state index in [0.29, 0.717) is 17.0 Å². The summed E-state index contributed by atoms with van der Waals surface area (Å²) in [6.45, 7) is 0.119. The van der Waals surface area contributed by atoms with Crippen molar-refractivity contribution in [3.8, 4) is 0 Å². The van der Waals surface area contributed by atoms with Crippen molar-refractivity contribution in [3.63, 3.8) is 0 Å². The zero-order valence-corrected chi connectivity index (χ0v) is 17.6. The van der Waals surface area contributed by atoms with E-state index in [9.17, 15) is 13.6 Å². The summed E-state index contributed by atoms with van der Waals surface area (Å²) in [5.41, 5.74) is 2.69. The Morgan fingerprint density at radius 3 is 2.68 bits per heavy atom. The number of hydrogen-bond acceptors (Lipinski definition) is 4. The molecule has 6 nitrogen and oxygen atoms in total. The molecule has 9 heteroatoms. The van der Waals surface area contributed by atoms with Crippen molar-refractivity contribution in [1.29, 1.82) is 0 Å². The van der Waals surface area contributed by atoms with Crippen LogP contribution in [0.25, 0.3) is 5.65 Å². The second kappa shape index (κ2) is 9.18. The molecule has 1 aliphatic carbocycles. The van der Waals surface area contributed by atoms with Crippen LogP contribution in [0.2, 0.25) is 0 Å². The summed E-state index contributed by atoms with van der Waals surface area (Å²) in [5.74, 6) is -2.58. The minimum absolute atomic E-state index is 0.119. The second-order valence-electron chi connectivity index (χ2n) is 7.80. The van der Waals surface area contributed by atoms with E-state index in [-0.39, 0.29) is 44.1 Å². The Balaban J connectivity index is 1.53. The van der Waals surface area contributed by atoms with Crippen LogP contribution in [0.3, 0.4) is 0 Å². The molecule has 1 aromatic carbocycles. The molecule has 31 heavy (non-hydrogen) atoms. The molecule has 164 valence electrons. The van der Waals surface area contributed by atoms with Crippen molar-refractivity contribution < 1.29 is 18.3 Å². The van der Waals surface area contributed by atoms with Crippen LogP contribution in [0.1, 0.15) is 48.7 Å². The average molecular weight is 449 g/mol. The number of carbonyl (C=O) groups excluding carboxylic acids is 1. The maximum absolute atomic E-state index is 13.7. The van der Waals surface area contributed by atoms with Gasteiger partial charge in [0.2, 0.25) is 5.92 Å². The Hall–Kier alpha value is -2.74. The van der Waals surface area contributed by atoms with Gasteiger partial charge in [-0.15, -0.1) is 11.6 Å². The highest BCUT2D eigenvalue weighted by molar-refractivity contribution is 6.16. The molecule has 1 amide bonds. The number of fused-ring (bicyclic) bond motifs is 1. The van der Waals surface area contributed by atoms with Gasteiger partial charge in [-0.05, 0) is 36.5 Å². The summed E-state index contributed by atoms with van der Waals surface area (Å²) in [5, 5.41) is 7.23. The first kappa shape index (κ1) is 21.5. The molecule has 2 aromatic heterocycles. The highest BCUT2D eigenvalue weighted by Crippen LogP contribution is 2.41. The molecule has 0 saturated heterocycles. The first-order chi connectivity index (χ1) is 14.9. The van der Waals surface area contributed by atoms with Gasteiger partial charge in [0.1, 0.15) is 6.61 Å². The van der Waals surface area contributed by atoms with Gasteiger partial charge in [0.05, 0.1) is 29.5 Å². The molecule has 0 bridgehead atoms. The maximum Gasteiger partial charge on any atom is 0.408 e. The number of ether oxygens (including phenoxy) is 1. The lowest BCUT2D eigenvalue weighted by Crippen LogP contribution is -2.37. The van der Waals surface area contributed by atoms with E-state index in [0.717, 1.165) is 5.56 Å². The van der Waals surface area contributed by atoms with Crippen molar-refractivity contribution in [1.82, 2.24) is 19.9 Å². The Morgan fingerprint density at radius 1 is 1.23 bits per heavy atom. The monoisotopic (exact) mass is 448 g/mol. The van der Waals surface area contributed by atoms with Gasteiger partial charge in [0.15, 0.2) is 5.65 Å². The summed E-state index contributed by atoms with van der Waals surface area (Å²) in [6, 6.07) is 12.3. The number of amides is 1. The Bertz CT molecular complexity index is 1030. The molecular formula is C22H23ClF2N4O2. The van der Waals surface area contributed by atoms with Crippen LogP contribution in [-0.2, 0) is 17.2 Å². The number of halogens is 3. The van der Waals surface area contributed by atoms with Gasteiger partial charge in [-0.2, -0.15) is 5.10 Å². The maximum atomic E-state index is 13.7. The van der Waals surface area contributed by atoms with Crippen molar-refractivity contribution in [3.05, 3.63) is 65.6 Å². The Kier molecular flexibility index (Phi) is 6.36. The normalized spacial score (nSPS) is 17.4. The lowest BCUT2D eigenvalue weighted by molar-refractivity contribution is -0.0497. The van der Waals surface area contributed by atoms with Crippen LogP contribution in [0.15, 0.2) is 48.7 Å². The molecule has 4 rings (SSSR count). The number of carbonyl (C=O) groups is 1. The van der Waals surface area contributed by atoms with Crippen molar-refractivity contribution >= 4 is 23.3 Å². The van der Waals surface area contributed by atoms with Crippen LogP contribution >= 0.6 is 11.6 Å². The second-order valence-corrected chi connectivity index (χ2v) is 8.07. The highest BCUT2D eigenvalue weighted by Gasteiger charge is 2.39. The zero-order valence-electron chi connectivity index (χ0n) is 16.8. The molecule has 0 radical (unpaired) electrons. The number of nitrogens with zero attached hydrogens (tertiary/aromatic N) is 3. The Morgan fingerprint density at radius 2 is 1.97 bits per heavy atom. The van der Waals surface area contributed by atoms with Gasteiger partial charge in [0, 0.05) is 12.8 Å². The van der Waals surface area contributed by atoms with Crippen molar-refractivity contribution in [2.24, 2.45) is 5.92 Å². The third kappa shape index (κ3) is 5.31. The molecule has 1 N–H and O–H groups in total. The fourth-order valence-corrected chi connectivity index (χ4v) is 4.02. The number of nitrogens with one attached hydrogen (secondary N) is 1. The highest BCUT2D eigenvalue weighted by atomic mass is 35.5. The fourth-order valence-electron chi connectivity index (χ4n) is 3.88. The summed E-state index contributed by atoms with van der Waals surface area (Å²) in [7, 11) is 0. The van der Waals surface area contributed by atoms with Crippen molar-refractivity contribution in [2.75, 3.05) is 0 Å². The van der Waals surface area contributed by atoms with Gasteiger partial charge in [-0.25, -0.2) is 23.1 Å². The zero-order chi connectivity index (χ0) is 21.8. The van der Waals surface area contributed by atoms with Gasteiger partial charge in [-0.1, -0.05) is 30.3 Å². The van der Waals surface area contributed by atoms with Crippen LogP contribution in [0.5, 0.6) is 0 Å². The number of benzene rings is 1. The van der Waals surface area contributed by atoms with E-state index in [1.54, 1.807) is 22.8 Å². The molecule has 0 unspecified atom stereocenters. The quantitative estimate of drug-likeness (QED) is 0.522. The molecule has 3 aromatic rings. The number of hydrogen-bond donors (Lipinski definition) is 1. The van der Waals surface area contributed by atoms with Crippen LogP contribution in [-0.4, -0.2) is 26.6 Å². The molecule has 1 saturated carbocycles. The van der Waals surface area contributed by atoms with E-state index in [2.05, 4.69) is 15.4 Å². The van der Waals surface area contributed by atoms with E-state index in [4.69, 9.17) is 16.3 Å². The average Bonchev–Trinajstić information content (AvgIpc) is 3.20. The van der Waals surface area contributed by atoms with Gasteiger partial charge in [-0.3, -0.25) is 0 Å². The van der Waals surface area contributed by atoms with Crippen LogP contribution in [0.4, 0.5) is 13.6 Å². The molecule has 0 spiro atoms. The lowest BCUT2D eigenvalue weighted by atomic mass is 9.81. The standard InChI is InChI=1S/C22H23ClF2N4O2/c23-12-17-6-7-19-26-18(13-29(19)28-17)20(16-8-10-22(24,25)11-9-16)27-21(30)31-14-15-4-2-1-3-5-15/h1-7,13,16,20H,8-12,14H2,(H,27,30)/t20-/m0/s1.